The van der Waals surface area contributed by atoms with Gasteiger partial charge in [-0.2, -0.15) is 0 Å². The molecule has 19 heavy (non-hydrogen) atoms. The lowest BCUT2D eigenvalue weighted by Gasteiger charge is -2.22. The molecule has 0 aromatic rings. The number of carbonyl (C=O) groups is 2. The van der Waals surface area contributed by atoms with Crippen molar-refractivity contribution < 1.29 is 14.4 Å². The maximum absolute atomic E-state index is 12.2. The zero-order chi connectivity index (χ0) is 14.5. The third-order valence-corrected chi connectivity index (χ3v) is 2.56. The Labute approximate surface area is 114 Å². The van der Waals surface area contributed by atoms with Crippen LogP contribution in [-0.4, -0.2) is 23.1 Å². The summed E-state index contributed by atoms with van der Waals surface area (Å²) in [6.45, 7) is 6.94. The zero-order valence-corrected chi connectivity index (χ0v) is 12.1. The van der Waals surface area contributed by atoms with E-state index in [0.717, 1.165) is 31.3 Å². The van der Waals surface area contributed by atoms with E-state index in [2.05, 4.69) is 15.3 Å². The Morgan fingerprint density at radius 3 is 2.47 bits per heavy atom. The fraction of sp³-hybridized carbons (Fsp3) is 0.643. The highest BCUT2D eigenvalue weighted by molar-refractivity contribution is 6.45. The van der Waals surface area contributed by atoms with Crippen LogP contribution in [0.2, 0.25) is 0 Å². The van der Waals surface area contributed by atoms with Crippen molar-refractivity contribution in [1.29, 1.82) is 0 Å². The molecule has 0 fully saturated rings. The van der Waals surface area contributed by atoms with Gasteiger partial charge in [0, 0.05) is 12.5 Å². The zero-order valence-electron chi connectivity index (χ0n) is 12.1. The first-order valence-electron chi connectivity index (χ1n) is 6.57. The molecule has 5 nitrogen and oxygen atoms in total. The third kappa shape index (κ3) is 5.68. The van der Waals surface area contributed by atoms with E-state index in [1.807, 2.05) is 26.8 Å². The molecule has 0 unspecified atom stereocenters. The van der Waals surface area contributed by atoms with Gasteiger partial charge in [0.1, 0.15) is 0 Å². The van der Waals surface area contributed by atoms with E-state index in [9.17, 15) is 9.59 Å². The summed E-state index contributed by atoms with van der Waals surface area (Å²) >= 11 is 0. The number of hydrogen-bond acceptors (Lipinski definition) is 4. The quantitative estimate of drug-likeness (QED) is 0.484. The van der Waals surface area contributed by atoms with Crippen molar-refractivity contribution in [3.63, 3.8) is 0 Å². The summed E-state index contributed by atoms with van der Waals surface area (Å²) in [6.07, 6.45) is 5.85. The molecular weight excluding hydrogens is 244 g/mol. The Balaban J connectivity index is 2.91. The lowest BCUT2D eigenvalue weighted by Crippen LogP contribution is -2.44. The number of nitrogens with one attached hydrogen (secondary N) is 1. The van der Waals surface area contributed by atoms with Gasteiger partial charge in [-0.05, 0) is 52.0 Å². The maximum Gasteiger partial charge on any atom is 0.332 e. The molecule has 0 aromatic carbocycles. The first-order valence-corrected chi connectivity index (χ1v) is 6.57. The minimum Gasteiger partial charge on any atom is -0.346 e. The van der Waals surface area contributed by atoms with Crippen LogP contribution in [0.3, 0.4) is 0 Å². The topological polar surface area (TPSA) is 67.8 Å². The second-order valence-electron chi connectivity index (χ2n) is 5.70. The summed E-state index contributed by atoms with van der Waals surface area (Å²) in [6, 6.07) is 0. The predicted octanol–water partition coefficient (Wildman–Crippen LogP) is 2.32. The van der Waals surface area contributed by atoms with Crippen molar-refractivity contribution in [2.24, 2.45) is 5.16 Å². The highest BCUT2D eigenvalue weighted by atomic mass is 16.7. The summed E-state index contributed by atoms with van der Waals surface area (Å²) in [5.41, 5.74) is 0.711. The molecule has 1 N–H and O–H groups in total. The van der Waals surface area contributed by atoms with Gasteiger partial charge in [-0.25, -0.2) is 4.79 Å². The summed E-state index contributed by atoms with van der Waals surface area (Å²) in [7, 11) is 0. The molecule has 1 aliphatic carbocycles. The Bertz CT molecular complexity index is 417. The van der Waals surface area contributed by atoms with Gasteiger partial charge in [-0.3, -0.25) is 4.79 Å². The SMILES string of the molecule is CC(=O)O/N=C(/C(=O)NC(C)(C)C)C1=CCCCC1. The third-order valence-electron chi connectivity index (χ3n) is 2.56. The summed E-state index contributed by atoms with van der Waals surface area (Å²) in [4.78, 5) is 27.7. The highest BCUT2D eigenvalue weighted by Gasteiger charge is 2.23. The van der Waals surface area contributed by atoms with Crippen molar-refractivity contribution >= 4 is 17.6 Å². The molecule has 5 heteroatoms. The van der Waals surface area contributed by atoms with E-state index in [1.54, 1.807) is 0 Å². The minimum absolute atomic E-state index is 0.213. The molecule has 0 saturated carbocycles. The first kappa shape index (κ1) is 15.4. The molecule has 1 aliphatic rings. The standard InChI is InChI=1S/C14H22N2O3/c1-10(17)19-16-12(11-8-6-5-7-9-11)13(18)15-14(2,3)4/h8H,5-7,9H2,1-4H3,(H,15,18)/b16-12+. The van der Waals surface area contributed by atoms with Gasteiger partial charge in [0.05, 0.1) is 0 Å². The predicted molar refractivity (Wildman–Crippen MR) is 73.6 cm³/mol. The molecule has 1 rings (SSSR count). The molecule has 0 aromatic heterocycles. The van der Waals surface area contributed by atoms with Crippen molar-refractivity contribution in [2.75, 3.05) is 0 Å². The normalized spacial score (nSPS) is 16.6. The minimum atomic E-state index is -0.530. The second kappa shape index (κ2) is 6.50. The maximum atomic E-state index is 12.2. The van der Waals surface area contributed by atoms with Crippen LogP contribution in [0.1, 0.15) is 53.4 Å². The monoisotopic (exact) mass is 266 g/mol. The Morgan fingerprint density at radius 2 is 2.00 bits per heavy atom. The molecule has 0 spiro atoms. The van der Waals surface area contributed by atoms with Gasteiger partial charge in [0.2, 0.25) is 0 Å². The van der Waals surface area contributed by atoms with Crippen LogP contribution in [0.15, 0.2) is 16.8 Å². The number of amides is 1. The summed E-state index contributed by atoms with van der Waals surface area (Å²) in [5, 5.41) is 6.56. The van der Waals surface area contributed by atoms with Gasteiger partial charge in [-0.15, -0.1) is 0 Å². The molecule has 0 atom stereocenters. The fourth-order valence-electron chi connectivity index (χ4n) is 1.81. The number of hydrogen-bond donors (Lipinski definition) is 1. The van der Waals surface area contributed by atoms with Crippen LogP contribution in [-0.2, 0) is 14.4 Å². The van der Waals surface area contributed by atoms with E-state index in [0.29, 0.717) is 0 Å². The van der Waals surface area contributed by atoms with Crippen LogP contribution in [0.4, 0.5) is 0 Å². The highest BCUT2D eigenvalue weighted by Crippen LogP contribution is 2.19. The molecule has 0 radical (unpaired) electrons. The van der Waals surface area contributed by atoms with Crippen LogP contribution >= 0.6 is 0 Å². The Hall–Kier alpha value is -1.65. The van der Waals surface area contributed by atoms with Crippen molar-refractivity contribution in [2.45, 2.75) is 58.9 Å². The molecule has 1 amide bonds. The van der Waals surface area contributed by atoms with Gasteiger partial charge >= 0.3 is 5.97 Å². The molecule has 0 bridgehead atoms. The van der Waals surface area contributed by atoms with E-state index >= 15 is 0 Å². The van der Waals surface area contributed by atoms with Crippen LogP contribution in [0.25, 0.3) is 0 Å². The summed E-state index contributed by atoms with van der Waals surface area (Å²) < 4.78 is 0. The lowest BCUT2D eigenvalue weighted by molar-refractivity contribution is -0.140. The van der Waals surface area contributed by atoms with E-state index in [-0.39, 0.29) is 17.2 Å². The van der Waals surface area contributed by atoms with E-state index in [1.165, 1.54) is 6.92 Å². The van der Waals surface area contributed by atoms with Crippen molar-refractivity contribution in [1.82, 2.24) is 5.32 Å². The number of carbonyl (C=O) groups excluding carboxylic acids is 2. The van der Waals surface area contributed by atoms with Gasteiger partial charge < -0.3 is 10.2 Å². The second-order valence-corrected chi connectivity index (χ2v) is 5.70. The van der Waals surface area contributed by atoms with Gasteiger partial charge in [0.25, 0.3) is 5.91 Å². The molecule has 0 saturated heterocycles. The Kier molecular flexibility index (Phi) is 5.27. The molecular formula is C14H22N2O3. The average molecular weight is 266 g/mol. The Morgan fingerprint density at radius 1 is 1.32 bits per heavy atom. The van der Waals surface area contributed by atoms with Crippen LogP contribution in [0.5, 0.6) is 0 Å². The van der Waals surface area contributed by atoms with Crippen LogP contribution in [0, 0.1) is 0 Å². The number of nitrogens with zero attached hydrogens (tertiary/aromatic N) is 1. The molecule has 0 aliphatic heterocycles. The van der Waals surface area contributed by atoms with Crippen LogP contribution < -0.4 is 5.32 Å². The number of allylic oxidation sites excluding steroid dienone is 1. The summed E-state index contributed by atoms with van der Waals surface area (Å²) in [5.74, 6) is -0.834. The largest absolute Gasteiger partial charge is 0.346 e. The van der Waals surface area contributed by atoms with E-state index < -0.39 is 5.97 Å². The van der Waals surface area contributed by atoms with Crippen molar-refractivity contribution in [3.05, 3.63) is 11.6 Å². The fourth-order valence-corrected chi connectivity index (χ4v) is 1.81. The number of rotatable bonds is 3. The smallest absolute Gasteiger partial charge is 0.332 e. The lowest BCUT2D eigenvalue weighted by atomic mass is 9.95. The molecule has 106 valence electrons. The van der Waals surface area contributed by atoms with Gasteiger partial charge in [-0.1, -0.05) is 11.2 Å². The van der Waals surface area contributed by atoms with Crippen molar-refractivity contribution in [3.8, 4) is 0 Å². The van der Waals surface area contributed by atoms with Gasteiger partial charge in [0.15, 0.2) is 5.71 Å². The number of oxime groups is 1. The average Bonchev–Trinajstić information content (AvgIpc) is 2.27. The first-order chi connectivity index (χ1) is 8.79. The van der Waals surface area contributed by atoms with E-state index in [4.69, 9.17) is 0 Å². The molecule has 0 heterocycles.